The molecule has 1 atom stereocenters. The van der Waals surface area contributed by atoms with Crippen molar-refractivity contribution in [1.29, 1.82) is 5.26 Å². The maximum Gasteiger partial charge on any atom is 0.111 e. The summed E-state index contributed by atoms with van der Waals surface area (Å²) in [7, 11) is 0. The van der Waals surface area contributed by atoms with E-state index in [-0.39, 0.29) is 6.04 Å². The molecule has 0 aliphatic heterocycles. The zero-order valence-electron chi connectivity index (χ0n) is 6.41. The van der Waals surface area contributed by atoms with Crippen molar-refractivity contribution in [2.45, 2.75) is 13.0 Å². The molecule has 2 nitrogen and oxygen atoms in total. The van der Waals surface area contributed by atoms with Crippen molar-refractivity contribution in [2.75, 3.05) is 5.32 Å². The number of rotatable bonds is 2. The SMILES string of the molecule is C[C@@H](C#N)Nc1ccccc1. The van der Waals surface area contributed by atoms with Crippen molar-refractivity contribution < 1.29 is 0 Å². The molecule has 0 heterocycles. The fourth-order valence-electron chi connectivity index (χ4n) is 0.817. The average Bonchev–Trinajstić information content (AvgIpc) is 2.06. The van der Waals surface area contributed by atoms with E-state index < -0.39 is 0 Å². The van der Waals surface area contributed by atoms with Gasteiger partial charge in [-0.05, 0) is 19.1 Å². The Kier molecular flexibility index (Phi) is 2.51. The van der Waals surface area contributed by atoms with Gasteiger partial charge in [0.25, 0.3) is 0 Å². The van der Waals surface area contributed by atoms with E-state index in [1.54, 1.807) is 0 Å². The summed E-state index contributed by atoms with van der Waals surface area (Å²) in [5, 5.41) is 11.5. The van der Waals surface area contributed by atoms with Gasteiger partial charge in [-0.1, -0.05) is 18.2 Å². The van der Waals surface area contributed by atoms with E-state index in [4.69, 9.17) is 5.26 Å². The molecule has 1 N–H and O–H groups in total. The van der Waals surface area contributed by atoms with Crippen molar-refractivity contribution in [3.63, 3.8) is 0 Å². The zero-order chi connectivity index (χ0) is 8.10. The Morgan fingerprint density at radius 3 is 2.55 bits per heavy atom. The minimum Gasteiger partial charge on any atom is -0.370 e. The molecule has 0 saturated heterocycles. The normalized spacial score (nSPS) is 11.6. The van der Waals surface area contributed by atoms with Crippen LogP contribution in [0.4, 0.5) is 5.69 Å². The number of para-hydroxylation sites is 1. The third kappa shape index (κ3) is 2.30. The molecule has 1 rings (SSSR count). The highest BCUT2D eigenvalue weighted by atomic mass is 14.9. The van der Waals surface area contributed by atoms with Crippen molar-refractivity contribution in [1.82, 2.24) is 0 Å². The first kappa shape index (κ1) is 7.62. The summed E-state index contributed by atoms with van der Waals surface area (Å²) in [5.41, 5.74) is 0.988. The van der Waals surface area contributed by atoms with Crippen LogP contribution in [0.2, 0.25) is 0 Å². The number of nitrogens with zero attached hydrogens (tertiary/aromatic N) is 1. The molecular weight excluding hydrogens is 136 g/mol. The highest BCUT2D eigenvalue weighted by molar-refractivity contribution is 5.44. The molecule has 56 valence electrons. The number of benzene rings is 1. The number of nitriles is 1. The van der Waals surface area contributed by atoms with Gasteiger partial charge >= 0.3 is 0 Å². The molecule has 0 spiro atoms. The van der Waals surface area contributed by atoms with E-state index in [2.05, 4.69) is 11.4 Å². The van der Waals surface area contributed by atoms with Gasteiger partial charge in [0, 0.05) is 5.69 Å². The van der Waals surface area contributed by atoms with E-state index in [0.29, 0.717) is 0 Å². The molecule has 1 aromatic rings. The van der Waals surface area contributed by atoms with Crippen LogP contribution in [0.25, 0.3) is 0 Å². The third-order valence-electron chi connectivity index (χ3n) is 1.35. The smallest absolute Gasteiger partial charge is 0.111 e. The summed E-state index contributed by atoms with van der Waals surface area (Å²) in [6.07, 6.45) is 0. The van der Waals surface area contributed by atoms with Gasteiger partial charge in [0.2, 0.25) is 0 Å². The van der Waals surface area contributed by atoms with Crippen LogP contribution in [-0.2, 0) is 0 Å². The lowest BCUT2D eigenvalue weighted by Gasteiger charge is -2.05. The molecule has 0 unspecified atom stereocenters. The van der Waals surface area contributed by atoms with Gasteiger partial charge in [0.1, 0.15) is 6.04 Å². The lowest BCUT2D eigenvalue weighted by atomic mass is 10.3. The third-order valence-corrected chi connectivity index (χ3v) is 1.35. The molecule has 11 heavy (non-hydrogen) atoms. The molecule has 0 aliphatic rings. The molecule has 0 fully saturated rings. The van der Waals surface area contributed by atoms with Gasteiger partial charge in [-0.3, -0.25) is 0 Å². The topological polar surface area (TPSA) is 35.8 Å². The molecule has 0 aromatic heterocycles. The van der Waals surface area contributed by atoms with Gasteiger partial charge in [-0.25, -0.2) is 0 Å². The minimum atomic E-state index is -0.127. The Morgan fingerprint density at radius 2 is 2.00 bits per heavy atom. The van der Waals surface area contributed by atoms with Crippen LogP contribution >= 0.6 is 0 Å². The van der Waals surface area contributed by atoms with Crippen LogP contribution in [0.5, 0.6) is 0 Å². The van der Waals surface area contributed by atoms with Crippen LogP contribution in [0.15, 0.2) is 30.3 Å². The van der Waals surface area contributed by atoms with Crippen LogP contribution in [0.1, 0.15) is 6.92 Å². The molecule has 2 heteroatoms. The molecule has 1 aromatic carbocycles. The number of hydrogen-bond acceptors (Lipinski definition) is 2. The van der Waals surface area contributed by atoms with E-state index in [0.717, 1.165) is 5.69 Å². The predicted molar refractivity (Wildman–Crippen MR) is 45.1 cm³/mol. The summed E-state index contributed by atoms with van der Waals surface area (Å²) in [6.45, 7) is 1.83. The van der Waals surface area contributed by atoms with Crippen molar-refractivity contribution >= 4 is 5.69 Å². The second kappa shape index (κ2) is 3.62. The Labute approximate surface area is 66.5 Å². The summed E-state index contributed by atoms with van der Waals surface area (Å²) in [6, 6.07) is 11.7. The Bertz CT molecular complexity index is 248. The van der Waals surface area contributed by atoms with Gasteiger partial charge in [0.15, 0.2) is 0 Å². The van der Waals surface area contributed by atoms with Gasteiger partial charge in [-0.2, -0.15) is 5.26 Å². The molecule has 0 bridgehead atoms. The predicted octanol–water partition coefficient (Wildman–Crippen LogP) is 2.01. The van der Waals surface area contributed by atoms with E-state index in [9.17, 15) is 0 Å². The molecule has 0 amide bonds. The first-order chi connectivity index (χ1) is 5.33. The molecule has 0 saturated carbocycles. The maximum absolute atomic E-state index is 8.48. The second-order valence-electron chi connectivity index (χ2n) is 2.36. The Morgan fingerprint density at radius 1 is 1.36 bits per heavy atom. The molecule has 0 radical (unpaired) electrons. The van der Waals surface area contributed by atoms with Gasteiger partial charge in [-0.15, -0.1) is 0 Å². The van der Waals surface area contributed by atoms with Crippen LogP contribution in [0.3, 0.4) is 0 Å². The van der Waals surface area contributed by atoms with E-state index in [1.165, 1.54) is 0 Å². The minimum absolute atomic E-state index is 0.127. The van der Waals surface area contributed by atoms with Gasteiger partial charge in [0.05, 0.1) is 6.07 Å². The Balaban J connectivity index is 2.60. The quantitative estimate of drug-likeness (QED) is 0.692. The number of anilines is 1. The number of hydrogen-bond donors (Lipinski definition) is 1. The standard InChI is InChI=1S/C9H10N2/c1-8(7-10)11-9-5-3-2-4-6-9/h2-6,8,11H,1H3/t8-/m0/s1. The van der Waals surface area contributed by atoms with Crippen molar-refractivity contribution in [2.24, 2.45) is 0 Å². The lowest BCUT2D eigenvalue weighted by Crippen LogP contribution is -2.11. The van der Waals surface area contributed by atoms with Gasteiger partial charge < -0.3 is 5.32 Å². The largest absolute Gasteiger partial charge is 0.370 e. The monoisotopic (exact) mass is 146 g/mol. The second-order valence-corrected chi connectivity index (χ2v) is 2.36. The van der Waals surface area contributed by atoms with Crippen molar-refractivity contribution in [3.05, 3.63) is 30.3 Å². The van der Waals surface area contributed by atoms with Crippen LogP contribution in [-0.4, -0.2) is 6.04 Å². The zero-order valence-corrected chi connectivity index (χ0v) is 6.41. The number of nitrogens with one attached hydrogen (secondary N) is 1. The summed E-state index contributed by atoms with van der Waals surface area (Å²) >= 11 is 0. The molecule has 0 aliphatic carbocycles. The van der Waals surface area contributed by atoms with Crippen molar-refractivity contribution in [3.8, 4) is 6.07 Å². The fraction of sp³-hybridized carbons (Fsp3) is 0.222. The Hall–Kier alpha value is -1.49. The summed E-state index contributed by atoms with van der Waals surface area (Å²) in [5.74, 6) is 0. The summed E-state index contributed by atoms with van der Waals surface area (Å²) in [4.78, 5) is 0. The van der Waals surface area contributed by atoms with Crippen LogP contribution in [0, 0.1) is 11.3 Å². The fourth-order valence-corrected chi connectivity index (χ4v) is 0.817. The first-order valence-electron chi connectivity index (χ1n) is 3.54. The maximum atomic E-state index is 8.48. The first-order valence-corrected chi connectivity index (χ1v) is 3.54. The highest BCUT2D eigenvalue weighted by Crippen LogP contribution is 2.05. The highest BCUT2D eigenvalue weighted by Gasteiger charge is 1.95. The van der Waals surface area contributed by atoms with E-state index in [1.807, 2.05) is 37.3 Å². The molecular formula is C9H10N2. The van der Waals surface area contributed by atoms with E-state index >= 15 is 0 Å². The average molecular weight is 146 g/mol. The summed E-state index contributed by atoms with van der Waals surface area (Å²) < 4.78 is 0. The van der Waals surface area contributed by atoms with Crippen LogP contribution < -0.4 is 5.32 Å². The lowest BCUT2D eigenvalue weighted by molar-refractivity contribution is 1.01.